The molecule has 0 fully saturated rings. The highest BCUT2D eigenvalue weighted by molar-refractivity contribution is 5.79. The molecule has 2 rings (SSSR count). The third kappa shape index (κ3) is 4.65. The van der Waals surface area contributed by atoms with Gasteiger partial charge in [-0.15, -0.1) is 0 Å². The monoisotopic (exact) mass is 327 g/mol. The normalized spacial score (nSPS) is 11.1. The van der Waals surface area contributed by atoms with Crippen LogP contribution in [0.2, 0.25) is 0 Å². The van der Waals surface area contributed by atoms with E-state index in [1.807, 2.05) is 43.4 Å². The predicted octanol–water partition coefficient (Wildman–Crippen LogP) is 2.91. The van der Waals surface area contributed by atoms with Crippen LogP contribution >= 0.6 is 0 Å². The zero-order chi connectivity index (χ0) is 17.4. The first-order chi connectivity index (χ1) is 11.7. The van der Waals surface area contributed by atoms with E-state index in [0.29, 0.717) is 6.54 Å². The number of hydrogen-bond donors (Lipinski definition) is 1. The van der Waals surface area contributed by atoms with Gasteiger partial charge >= 0.3 is 0 Å². The van der Waals surface area contributed by atoms with Gasteiger partial charge in [0.25, 0.3) is 0 Å². The largest absolute Gasteiger partial charge is 0.497 e. The molecule has 0 saturated carbocycles. The standard InChI is InChI=1S/C19H25N3O2/c1-20-19(21-13-16-7-5-6-8-18(16)24-4)22(2)14-15-9-11-17(23-3)12-10-15/h5-12H,13-14H2,1-4H3,(H,20,21). The number of para-hydroxylation sites is 1. The van der Waals surface area contributed by atoms with E-state index in [9.17, 15) is 0 Å². The Morgan fingerprint density at radius 1 is 1.04 bits per heavy atom. The molecule has 0 aliphatic rings. The second-order valence-corrected chi connectivity index (χ2v) is 5.42. The van der Waals surface area contributed by atoms with E-state index in [4.69, 9.17) is 9.47 Å². The Bertz CT molecular complexity index is 669. The smallest absolute Gasteiger partial charge is 0.193 e. The SMILES string of the molecule is CN=C(NCc1ccccc1OC)N(C)Cc1ccc(OC)cc1. The fourth-order valence-electron chi connectivity index (χ4n) is 2.49. The van der Waals surface area contributed by atoms with E-state index in [2.05, 4.69) is 27.3 Å². The van der Waals surface area contributed by atoms with Crippen LogP contribution in [0.3, 0.4) is 0 Å². The quantitative estimate of drug-likeness (QED) is 0.654. The Labute approximate surface area is 143 Å². The zero-order valence-corrected chi connectivity index (χ0v) is 14.7. The lowest BCUT2D eigenvalue weighted by Crippen LogP contribution is -2.38. The average molecular weight is 327 g/mol. The first-order valence-corrected chi connectivity index (χ1v) is 7.84. The van der Waals surface area contributed by atoms with Gasteiger partial charge in [-0.25, -0.2) is 0 Å². The van der Waals surface area contributed by atoms with Crippen molar-refractivity contribution in [1.29, 1.82) is 0 Å². The lowest BCUT2D eigenvalue weighted by atomic mass is 10.2. The van der Waals surface area contributed by atoms with Gasteiger partial charge in [-0.05, 0) is 23.8 Å². The van der Waals surface area contributed by atoms with Gasteiger partial charge in [-0.1, -0.05) is 30.3 Å². The molecule has 0 saturated heterocycles. The van der Waals surface area contributed by atoms with E-state index in [1.165, 1.54) is 5.56 Å². The third-order valence-electron chi connectivity index (χ3n) is 3.78. The van der Waals surface area contributed by atoms with Crippen LogP contribution in [0.4, 0.5) is 0 Å². The van der Waals surface area contributed by atoms with Crippen molar-refractivity contribution in [2.24, 2.45) is 4.99 Å². The molecule has 128 valence electrons. The summed E-state index contributed by atoms with van der Waals surface area (Å²) in [5, 5.41) is 3.37. The van der Waals surface area contributed by atoms with E-state index in [0.717, 1.165) is 29.6 Å². The number of nitrogens with one attached hydrogen (secondary N) is 1. The molecule has 0 aromatic heterocycles. The number of nitrogens with zero attached hydrogens (tertiary/aromatic N) is 2. The fraction of sp³-hybridized carbons (Fsp3) is 0.316. The molecule has 0 unspecified atom stereocenters. The fourth-order valence-corrected chi connectivity index (χ4v) is 2.49. The van der Waals surface area contributed by atoms with Crippen molar-refractivity contribution in [3.8, 4) is 11.5 Å². The van der Waals surface area contributed by atoms with Gasteiger partial charge < -0.3 is 19.7 Å². The average Bonchev–Trinajstić information content (AvgIpc) is 2.63. The van der Waals surface area contributed by atoms with Gasteiger partial charge in [-0.2, -0.15) is 0 Å². The summed E-state index contributed by atoms with van der Waals surface area (Å²) in [5.74, 6) is 2.56. The van der Waals surface area contributed by atoms with Crippen LogP contribution in [0.5, 0.6) is 11.5 Å². The van der Waals surface area contributed by atoms with Crippen molar-refractivity contribution < 1.29 is 9.47 Å². The highest BCUT2D eigenvalue weighted by Crippen LogP contribution is 2.17. The Balaban J connectivity index is 1.97. The highest BCUT2D eigenvalue weighted by atomic mass is 16.5. The Morgan fingerprint density at radius 2 is 1.75 bits per heavy atom. The lowest BCUT2D eigenvalue weighted by molar-refractivity contribution is 0.408. The maximum Gasteiger partial charge on any atom is 0.193 e. The molecule has 0 bridgehead atoms. The maximum atomic E-state index is 5.38. The molecule has 0 heterocycles. The first-order valence-electron chi connectivity index (χ1n) is 7.84. The molecule has 5 nitrogen and oxygen atoms in total. The van der Waals surface area contributed by atoms with Crippen LogP contribution in [-0.4, -0.2) is 39.2 Å². The molecular formula is C19H25N3O2. The van der Waals surface area contributed by atoms with Gasteiger partial charge in [0.1, 0.15) is 11.5 Å². The van der Waals surface area contributed by atoms with Gasteiger partial charge in [0.2, 0.25) is 0 Å². The maximum absolute atomic E-state index is 5.38. The molecule has 0 amide bonds. The van der Waals surface area contributed by atoms with Gasteiger partial charge in [0, 0.05) is 32.7 Å². The molecule has 0 aliphatic heterocycles. The summed E-state index contributed by atoms with van der Waals surface area (Å²) < 4.78 is 10.6. The second kappa shape index (κ2) is 8.82. The second-order valence-electron chi connectivity index (χ2n) is 5.42. The summed E-state index contributed by atoms with van der Waals surface area (Å²) in [6, 6.07) is 16.0. The van der Waals surface area contributed by atoms with Crippen molar-refractivity contribution in [2.45, 2.75) is 13.1 Å². The molecule has 0 atom stereocenters. The number of aliphatic imine (C=N–C) groups is 1. The summed E-state index contributed by atoms with van der Waals surface area (Å²) in [5.41, 5.74) is 2.29. The van der Waals surface area contributed by atoms with Crippen molar-refractivity contribution in [3.05, 3.63) is 59.7 Å². The molecule has 2 aromatic rings. The summed E-state index contributed by atoms with van der Waals surface area (Å²) in [4.78, 5) is 6.43. The number of ether oxygens (including phenoxy) is 2. The number of benzene rings is 2. The molecule has 24 heavy (non-hydrogen) atoms. The number of guanidine groups is 1. The predicted molar refractivity (Wildman–Crippen MR) is 97.7 cm³/mol. The minimum Gasteiger partial charge on any atom is -0.497 e. The summed E-state index contributed by atoms with van der Waals surface area (Å²) in [6.07, 6.45) is 0. The van der Waals surface area contributed by atoms with Crippen molar-refractivity contribution in [3.63, 3.8) is 0 Å². The topological polar surface area (TPSA) is 46.1 Å². The van der Waals surface area contributed by atoms with Crippen LogP contribution in [0.25, 0.3) is 0 Å². The molecule has 0 radical (unpaired) electrons. The first kappa shape index (κ1) is 17.7. The molecule has 0 spiro atoms. The van der Waals surface area contributed by atoms with Crippen LogP contribution in [0.1, 0.15) is 11.1 Å². The molecule has 5 heteroatoms. The molecule has 0 aliphatic carbocycles. The van der Waals surface area contributed by atoms with Gasteiger partial charge in [0.05, 0.1) is 14.2 Å². The van der Waals surface area contributed by atoms with E-state index in [-0.39, 0.29) is 0 Å². The minimum absolute atomic E-state index is 0.656. The summed E-state index contributed by atoms with van der Waals surface area (Å²) in [6.45, 7) is 1.42. The van der Waals surface area contributed by atoms with Crippen LogP contribution in [-0.2, 0) is 13.1 Å². The Morgan fingerprint density at radius 3 is 2.38 bits per heavy atom. The summed E-state index contributed by atoms with van der Waals surface area (Å²) >= 11 is 0. The van der Waals surface area contributed by atoms with Crippen LogP contribution in [0.15, 0.2) is 53.5 Å². The Hall–Kier alpha value is -2.69. The lowest BCUT2D eigenvalue weighted by Gasteiger charge is -2.22. The van der Waals surface area contributed by atoms with E-state index in [1.54, 1.807) is 21.3 Å². The van der Waals surface area contributed by atoms with E-state index >= 15 is 0 Å². The number of hydrogen-bond acceptors (Lipinski definition) is 3. The van der Waals surface area contributed by atoms with Gasteiger partial charge in [-0.3, -0.25) is 4.99 Å². The zero-order valence-electron chi connectivity index (χ0n) is 14.7. The summed E-state index contributed by atoms with van der Waals surface area (Å²) in [7, 11) is 7.16. The Kier molecular flexibility index (Phi) is 6.49. The highest BCUT2D eigenvalue weighted by Gasteiger charge is 2.08. The van der Waals surface area contributed by atoms with Crippen LogP contribution < -0.4 is 14.8 Å². The molecule has 1 N–H and O–H groups in total. The minimum atomic E-state index is 0.656. The van der Waals surface area contributed by atoms with Crippen LogP contribution in [0, 0.1) is 0 Å². The number of rotatable bonds is 6. The number of methoxy groups -OCH3 is 2. The van der Waals surface area contributed by atoms with Crippen molar-refractivity contribution in [2.75, 3.05) is 28.3 Å². The van der Waals surface area contributed by atoms with Crippen molar-refractivity contribution >= 4 is 5.96 Å². The molecule has 2 aromatic carbocycles. The third-order valence-corrected chi connectivity index (χ3v) is 3.78. The van der Waals surface area contributed by atoms with Gasteiger partial charge in [0.15, 0.2) is 5.96 Å². The molecular weight excluding hydrogens is 302 g/mol. The van der Waals surface area contributed by atoms with Crippen molar-refractivity contribution in [1.82, 2.24) is 10.2 Å². The van der Waals surface area contributed by atoms with E-state index < -0.39 is 0 Å².